The van der Waals surface area contributed by atoms with Gasteiger partial charge in [0, 0.05) is 18.7 Å². The number of hydrogen-bond donors (Lipinski definition) is 1. The highest BCUT2D eigenvalue weighted by atomic mass is 16.2. The number of carbonyl (C=O) groups excluding carboxylic acids is 2. The van der Waals surface area contributed by atoms with E-state index in [1.165, 1.54) is 16.0 Å². The summed E-state index contributed by atoms with van der Waals surface area (Å²) in [6.07, 6.45) is 4.09. The second-order valence-corrected chi connectivity index (χ2v) is 9.29. The molecule has 2 amide bonds. The molecule has 168 valence electrons. The van der Waals surface area contributed by atoms with Gasteiger partial charge in [-0.3, -0.25) is 9.59 Å². The van der Waals surface area contributed by atoms with E-state index in [1.807, 2.05) is 41.4 Å². The zero-order chi connectivity index (χ0) is 22.7. The van der Waals surface area contributed by atoms with Crippen LogP contribution in [0.5, 0.6) is 0 Å². The number of carbonyl (C=O) groups is 2. The molecule has 0 bridgehead atoms. The van der Waals surface area contributed by atoms with Crippen molar-refractivity contribution in [3.05, 3.63) is 77.0 Å². The largest absolute Gasteiger partial charge is 0.331 e. The molecule has 2 aliphatic rings. The van der Waals surface area contributed by atoms with E-state index < -0.39 is 0 Å². The van der Waals surface area contributed by atoms with Gasteiger partial charge >= 0.3 is 0 Å². The molecule has 5 nitrogen and oxygen atoms in total. The summed E-state index contributed by atoms with van der Waals surface area (Å²) in [5.41, 5.74) is 4.86. The summed E-state index contributed by atoms with van der Waals surface area (Å²) in [6.45, 7) is 10.4. The summed E-state index contributed by atoms with van der Waals surface area (Å²) in [4.78, 5) is 30.6. The molecule has 4 rings (SSSR count). The van der Waals surface area contributed by atoms with Crippen molar-refractivity contribution in [1.82, 2.24) is 9.80 Å². The van der Waals surface area contributed by atoms with Crippen molar-refractivity contribution in [3.63, 3.8) is 0 Å². The van der Waals surface area contributed by atoms with E-state index in [0.717, 1.165) is 43.9 Å². The van der Waals surface area contributed by atoms with Crippen LogP contribution in [0.3, 0.4) is 0 Å². The van der Waals surface area contributed by atoms with Crippen LogP contribution >= 0.6 is 0 Å². The number of nitrogens with one attached hydrogen (secondary N) is 1. The average Bonchev–Trinajstić information content (AvgIpc) is 2.80. The quantitative estimate of drug-likeness (QED) is 0.790. The van der Waals surface area contributed by atoms with Gasteiger partial charge in [0.05, 0.1) is 38.6 Å². The zero-order valence-corrected chi connectivity index (χ0v) is 19.4. The third-order valence-corrected chi connectivity index (χ3v) is 6.76. The van der Waals surface area contributed by atoms with Crippen molar-refractivity contribution in [2.24, 2.45) is 0 Å². The van der Waals surface area contributed by atoms with Gasteiger partial charge in [0.25, 0.3) is 0 Å². The molecule has 1 atom stereocenters. The Morgan fingerprint density at radius 2 is 1.72 bits per heavy atom. The first kappa shape index (κ1) is 22.3. The summed E-state index contributed by atoms with van der Waals surface area (Å²) in [6, 6.07) is 16.7. The van der Waals surface area contributed by atoms with E-state index in [4.69, 9.17) is 0 Å². The Morgan fingerprint density at radius 1 is 1.03 bits per heavy atom. The number of amides is 2. The molecule has 1 saturated heterocycles. The summed E-state index contributed by atoms with van der Waals surface area (Å²) >= 11 is 0. The fraction of sp³-hybridized carbons (Fsp3) is 0.407. The Balaban J connectivity index is 1.35. The Labute approximate surface area is 191 Å². The molecule has 0 radical (unpaired) electrons. The smallest absolute Gasteiger partial charge is 0.225 e. The highest BCUT2D eigenvalue weighted by Gasteiger charge is 2.31. The lowest BCUT2D eigenvalue weighted by Gasteiger charge is -2.36. The van der Waals surface area contributed by atoms with E-state index in [9.17, 15) is 9.59 Å². The Morgan fingerprint density at radius 3 is 2.38 bits per heavy atom. The van der Waals surface area contributed by atoms with Crippen LogP contribution in [0.25, 0.3) is 6.08 Å². The third-order valence-electron chi connectivity index (χ3n) is 6.76. The number of benzene rings is 2. The molecule has 5 heteroatoms. The average molecular weight is 433 g/mol. The second-order valence-electron chi connectivity index (χ2n) is 9.29. The first-order valence-corrected chi connectivity index (χ1v) is 11.7. The van der Waals surface area contributed by atoms with Crippen molar-refractivity contribution in [3.8, 4) is 0 Å². The van der Waals surface area contributed by atoms with Gasteiger partial charge in [0.15, 0.2) is 0 Å². The van der Waals surface area contributed by atoms with Crippen LogP contribution in [-0.2, 0) is 16.1 Å². The van der Waals surface area contributed by atoms with Crippen LogP contribution < -0.4 is 4.90 Å². The van der Waals surface area contributed by atoms with Crippen molar-refractivity contribution >= 4 is 17.9 Å². The lowest BCUT2D eigenvalue weighted by Crippen LogP contribution is -3.13. The standard InChI is InChI=1S/C27H33N3O2/c1-20(2)23-10-8-22(9-11-23)19-28-14-16-29(17-15-28)27(32)18-26-25-7-5-4-6-24(25)12-13-30(26)21(3)31/h4-13,20,26H,14-19H2,1-3H3/p+1/t26-/m0/s1. The fourth-order valence-electron chi connectivity index (χ4n) is 4.77. The topological polar surface area (TPSA) is 45.1 Å². The minimum absolute atomic E-state index is 0.0358. The monoisotopic (exact) mass is 432 g/mol. The SMILES string of the molecule is CC(=O)N1C=Cc2ccccc2[C@@H]1CC(=O)N1CC[NH+](Cc2ccc(C(C)C)cc2)CC1. The van der Waals surface area contributed by atoms with E-state index >= 15 is 0 Å². The van der Waals surface area contributed by atoms with Crippen LogP contribution in [0.15, 0.2) is 54.7 Å². The van der Waals surface area contributed by atoms with Crippen LogP contribution in [0, 0.1) is 0 Å². The summed E-state index contributed by atoms with van der Waals surface area (Å²) in [7, 11) is 0. The fourth-order valence-corrected chi connectivity index (χ4v) is 4.77. The molecule has 0 spiro atoms. The molecule has 0 saturated carbocycles. The van der Waals surface area contributed by atoms with Gasteiger partial charge in [0.1, 0.15) is 6.54 Å². The lowest BCUT2D eigenvalue weighted by atomic mass is 9.93. The molecule has 2 aromatic rings. The maximum atomic E-state index is 13.2. The predicted molar refractivity (Wildman–Crippen MR) is 127 cm³/mol. The summed E-state index contributed by atoms with van der Waals surface area (Å²) in [5, 5.41) is 0. The van der Waals surface area contributed by atoms with Gasteiger partial charge in [-0.2, -0.15) is 0 Å². The van der Waals surface area contributed by atoms with Crippen LogP contribution in [0.2, 0.25) is 0 Å². The number of piperazine rings is 1. The second kappa shape index (κ2) is 9.70. The minimum atomic E-state index is -0.231. The van der Waals surface area contributed by atoms with Gasteiger partial charge in [-0.15, -0.1) is 0 Å². The molecule has 2 heterocycles. The maximum absolute atomic E-state index is 13.2. The molecule has 32 heavy (non-hydrogen) atoms. The van der Waals surface area contributed by atoms with Crippen molar-refractivity contribution in [2.45, 2.75) is 45.7 Å². The van der Waals surface area contributed by atoms with Gasteiger partial charge in [0.2, 0.25) is 11.8 Å². The Hall–Kier alpha value is -2.92. The third kappa shape index (κ3) is 4.94. The van der Waals surface area contributed by atoms with Gasteiger partial charge in [-0.1, -0.05) is 62.4 Å². The van der Waals surface area contributed by atoms with E-state index in [-0.39, 0.29) is 17.9 Å². The van der Waals surface area contributed by atoms with Crippen molar-refractivity contribution in [1.29, 1.82) is 0 Å². The Bertz CT molecular complexity index is 988. The highest BCUT2D eigenvalue weighted by Crippen LogP contribution is 2.33. The predicted octanol–water partition coefficient (Wildman–Crippen LogP) is 3.00. The Kier molecular flexibility index (Phi) is 6.75. The van der Waals surface area contributed by atoms with E-state index in [2.05, 4.69) is 38.1 Å². The van der Waals surface area contributed by atoms with E-state index in [0.29, 0.717) is 12.3 Å². The first-order valence-electron chi connectivity index (χ1n) is 11.7. The van der Waals surface area contributed by atoms with Crippen molar-refractivity contribution < 1.29 is 14.5 Å². The van der Waals surface area contributed by atoms with Crippen molar-refractivity contribution in [2.75, 3.05) is 26.2 Å². The minimum Gasteiger partial charge on any atom is -0.331 e. The first-order chi connectivity index (χ1) is 15.4. The maximum Gasteiger partial charge on any atom is 0.225 e. The number of hydrogen-bond acceptors (Lipinski definition) is 2. The zero-order valence-electron chi connectivity index (χ0n) is 19.4. The van der Waals surface area contributed by atoms with Crippen LogP contribution in [-0.4, -0.2) is 47.8 Å². The van der Waals surface area contributed by atoms with Crippen LogP contribution in [0.4, 0.5) is 0 Å². The molecular weight excluding hydrogens is 398 g/mol. The normalized spacial score (nSPS) is 18.7. The molecule has 0 unspecified atom stereocenters. The molecule has 1 fully saturated rings. The number of rotatable bonds is 5. The summed E-state index contributed by atoms with van der Waals surface area (Å²) < 4.78 is 0. The lowest BCUT2D eigenvalue weighted by molar-refractivity contribution is -0.917. The van der Waals surface area contributed by atoms with Gasteiger partial charge < -0.3 is 14.7 Å². The van der Waals surface area contributed by atoms with Gasteiger partial charge in [-0.05, 0) is 28.7 Å². The van der Waals surface area contributed by atoms with Crippen LogP contribution in [0.1, 0.15) is 61.4 Å². The van der Waals surface area contributed by atoms with E-state index in [1.54, 1.807) is 11.8 Å². The molecule has 0 aromatic heterocycles. The molecule has 1 N–H and O–H groups in total. The van der Waals surface area contributed by atoms with Gasteiger partial charge in [-0.25, -0.2) is 0 Å². The number of nitrogens with zero attached hydrogens (tertiary/aromatic N) is 2. The number of quaternary nitrogens is 1. The number of fused-ring (bicyclic) bond motifs is 1. The molecular formula is C27H34N3O2+. The molecule has 0 aliphatic carbocycles. The summed E-state index contributed by atoms with van der Waals surface area (Å²) in [5.74, 6) is 0.648. The molecule has 2 aliphatic heterocycles. The highest BCUT2D eigenvalue weighted by molar-refractivity contribution is 5.82. The molecule has 2 aromatic carbocycles.